The van der Waals surface area contributed by atoms with Gasteiger partial charge in [0.25, 0.3) is 0 Å². The Labute approximate surface area is 195 Å². The third kappa shape index (κ3) is 5.63. The molecule has 0 radical (unpaired) electrons. The lowest BCUT2D eigenvalue weighted by Crippen LogP contribution is -2.37. The molecule has 0 bridgehead atoms. The van der Waals surface area contributed by atoms with Crippen LogP contribution in [0, 0.1) is 5.82 Å². The Balaban J connectivity index is 0.00000306. The molecule has 0 atom stereocenters. The lowest BCUT2D eigenvalue weighted by atomic mass is 9.91. The highest BCUT2D eigenvalue weighted by atomic mass is 19.1. The van der Waals surface area contributed by atoms with Crippen LogP contribution in [0.4, 0.5) is 16.2 Å². The molecule has 33 heavy (non-hydrogen) atoms. The molecule has 8 heteroatoms. The Morgan fingerprint density at radius 3 is 2.48 bits per heavy atom. The molecule has 0 unspecified atom stereocenters. The fraction of sp³-hybridized carbons (Fsp3) is 0.440. The standard InChI is InChI=1S/C24H30FN5O2.CH4/c1-30(2)23-18-6-4-5-7-20(18)28-24(29-23)27-17-10-8-16(9-11-17)26-14-15-12-19(25)22(31)21(13-15)32-3;/h4-7,12-13,16-17,26,31H,8-11,14H2,1-3H3,(H,27,28,29);1H4. The van der Waals surface area contributed by atoms with Gasteiger partial charge in [0.15, 0.2) is 17.3 Å². The van der Waals surface area contributed by atoms with Crippen molar-refractivity contribution in [2.45, 2.75) is 51.7 Å². The zero-order chi connectivity index (χ0) is 22.7. The highest BCUT2D eigenvalue weighted by Gasteiger charge is 2.22. The summed E-state index contributed by atoms with van der Waals surface area (Å²) in [6.45, 7) is 0.524. The Morgan fingerprint density at radius 2 is 1.79 bits per heavy atom. The maximum Gasteiger partial charge on any atom is 0.225 e. The summed E-state index contributed by atoms with van der Waals surface area (Å²) in [5, 5.41) is 17.7. The van der Waals surface area contributed by atoms with Crippen LogP contribution in [0.5, 0.6) is 11.5 Å². The molecule has 1 heterocycles. The van der Waals surface area contributed by atoms with Crippen molar-refractivity contribution in [3.63, 3.8) is 0 Å². The van der Waals surface area contributed by atoms with E-state index in [0.717, 1.165) is 48.0 Å². The van der Waals surface area contributed by atoms with Crippen molar-refractivity contribution in [2.75, 3.05) is 31.4 Å². The maximum absolute atomic E-state index is 13.8. The Morgan fingerprint density at radius 1 is 1.09 bits per heavy atom. The van der Waals surface area contributed by atoms with Crippen LogP contribution < -0.4 is 20.3 Å². The first-order valence-corrected chi connectivity index (χ1v) is 10.9. The van der Waals surface area contributed by atoms with E-state index in [-0.39, 0.29) is 13.2 Å². The second-order valence-corrected chi connectivity index (χ2v) is 8.48. The summed E-state index contributed by atoms with van der Waals surface area (Å²) < 4.78 is 18.9. The second-order valence-electron chi connectivity index (χ2n) is 8.48. The molecule has 0 amide bonds. The molecule has 1 aliphatic rings. The first-order valence-electron chi connectivity index (χ1n) is 10.9. The number of phenols is 1. The molecule has 178 valence electrons. The summed E-state index contributed by atoms with van der Waals surface area (Å²) in [5.41, 5.74) is 1.68. The minimum absolute atomic E-state index is 0. The highest BCUT2D eigenvalue weighted by molar-refractivity contribution is 5.90. The van der Waals surface area contributed by atoms with Crippen LogP contribution in [0.1, 0.15) is 38.7 Å². The maximum atomic E-state index is 13.8. The third-order valence-corrected chi connectivity index (χ3v) is 5.97. The Bertz CT molecular complexity index is 1080. The van der Waals surface area contributed by atoms with E-state index in [2.05, 4.69) is 10.6 Å². The molecule has 2 aromatic carbocycles. The molecule has 1 fully saturated rings. The highest BCUT2D eigenvalue weighted by Crippen LogP contribution is 2.30. The number of methoxy groups -OCH3 is 1. The zero-order valence-corrected chi connectivity index (χ0v) is 18.7. The van der Waals surface area contributed by atoms with Gasteiger partial charge < -0.3 is 25.4 Å². The third-order valence-electron chi connectivity index (χ3n) is 5.97. The molecule has 0 spiro atoms. The minimum Gasteiger partial charge on any atom is -0.502 e. The van der Waals surface area contributed by atoms with E-state index < -0.39 is 11.6 Å². The van der Waals surface area contributed by atoms with Gasteiger partial charge in [-0.25, -0.2) is 9.37 Å². The number of ether oxygens (including phenoxy) is 1. The van der Waals surface area contributed by atoms with Crippen molar-refractivity contribution in [1.82, 2.24) is 15.3 Å². The fourth-order valence-electron chi connectivity index (χ4n) is 4.24. The van der Waals surface area contributed by atoms with Gasteiger partial charge in [0.1, 0.15) is 5.82 Å². The number of para-hydroxylation sites is 1. The number of aromatic hydroxyl groups is 1. The molecule has 1 saturated carbocycles. The Hall–Kier alpha value is -3.13. The number of rotatable bonds is 7. The lowest BCUT2D eigenvalue weighted by molar-refractivity contribution is 0.347. The topological polar surface area (TPSA) is 82.5 Å². The summed E-state index contributed by atoms with van der Waals surface area (Å²) in [7, 11) is 5.40. The summed E-state index contributed by atoms with van der Waals surface area (Å²) in [4.78, 5) is 11.5. The average Bonchev–Trinajstić information content (AvgIpc) is 2.80. The molecular formula is C25H34FN5O2. The number of fused-ring (bicyclic) bond motifs is 1. The number of anilines is 2. The number of hydrogen-bond acceptors (Lipinski definition) is 7. The molecule has 3 aromatic rings. The number of halogens is 1. The quantitative estimate of drug-likeness (QED) is 0.476. The van der Waals surface area contributed by atoms with Gasteiger partial charge in [-0.15, -0.1) is 0 Å². The largest absolute Gasteiger partial charge is 0.502 e. The monoisotopic (exact) mass is 455 g/mol. The molecule has 0 aliphatic heterocycles. The number of nitrogens with one attached hydrogen (secondary N) is 2. The van der Waals surface area contributed by atoms with E-state index in [1.54, 1.807) is 6.07 Å². The van der Waals surface area contributed by atoms with E-state index >= 15 is 0 Å². The van der Waals surface area contributed by atoms with Crippen molar-refractivity contribution in [3.8, 4) is 11.5 Å². The first kappa shape index (κ1) is 24.5. The number of benzene rings is 2. The summed E-state index contributed by atoms with van der Waals surface area (Å²) in [6, 6.07) is 11.7. The van der Waals surface area contributed by atoms with Crippen LogP contribution in [-0.4, -0.2) is 48.4 Å². The summed E-state index contributed by atoms with van der Waals surface area (Å²) >= 11 is 0. The van der Waals surface area contributed by atoms with E-state index in [4.69, 9.17) is 14.7 Å². The van der Waals surface area contributed by atoms with Crippen molar-refractivity contribution < 1.29 is 14.2 Å². The van der Waals surface area contributed by atoms with Crippen molar-refractivity contribution in [3.05, 3.63) is 47.8 Å². The zero-order valence-electron chi connectivity index (χ0n) is 18.7. The van der Waals surface area contributed by atoms with E-state index in [0.29, 0.717) is 24.6 Å². The van der Waals surface area contributed by atoms with Crippen LogP contribution >= 0.6 is 0 Å². The summed E-state index contributed by atoms with van der Waals surface area (Å²) in [6.07, 6.45) is 4.00. The predicted octanol–water partition coefficient (Wildman–Crippen LogP) is 4.70. The van der Waals surface area contributed by atoms with Gasteiger partial charge in [-0.2, -0.15) is 4.98 Å². The number of aromatic nitrogens is 2. The van der Waals surface area contributed by atoms with E-state index in [1.165, 1.54) is 13.2 Å². The molecule has 1 aliphatic carbocycles. The van der Waals surface area contributed by atoms with Crippen molar-refractivity contribution >= 4 is 22.7 Å². The van der Waals surface area contributed by atoms with Crippen LogP contribution in [0.15, 0.2) is 36.4 Å². The van der Waals surface area contributed by atoms with Crippen LogP contribution in [0.25, 0.3) is 10.9 Å². The first-order chi connectivity index (χ1) is 15.4. The van der Waals surface area contributed by atoms with Crippen LogP contribution in [0.2, 0.25) is 0 Å². The van der Waals surface area contributed by atoms with Crippen molar-refractivity contribution in [1.29, 1.82) is 0 Å². The second kappa shape index (κ2) is 10.7. The van der Waals surface area contributed by atoms with Crippen LogP contribution in [0.3, 0.4) is 0 Å². The fourth-order valence-corrected chi connectivity index (χ4v) is 4.24. The minimum atomic E-state index is -0.665. The molecule has 1 aromatic heterocycles. The predicted molar refractivity (Wildman–Crippen MR) is 132 cm³/mol. The van der Waals surface area contributed by atoms with Crippen molar-refractivity contribution in [2.24, 2.45) is 0 Å². The molecular weight excluding hydrogens is 421 g/mol. The van der Waals surface area contributed by atoms with Gasteiger partial charge >= 0.3 is 0 Å². The van der Waals surface area contributed by atoms with Gasteiger partial charge in [0.05, 0.1) is 12.6 Å². The van der Waals surface area contributed by atoms with Gasteiger partial charge in [0.2, 0.25) is 5.95 Å². The molecule has 7 nitrogen and oxygen atoms in total. The normalized spacial score (nSPS) is 17.9. The average molecular weight is 456 g/mol. The van der Waals surface area contributed by atoms with Gasteiger partial charge in [-0.05, 0) is 55.5 Å². The molecule has 3 N–H and O–H groups in total. The number of nitrogens with zero attached hydrogens (tertiary/aromatic N) is 3. The smallest absolute Gasteiger partial charge is 0.225 e. The number of hydrogen-bond donors (Lipinski definition) is 3. The van der Waals surface area contributed by atoms with Gasteiger partial charge in [-0.1, -0.05) is 19.6 Å². The lowest BCUT2D eigenvalue weighted by Gasteiger charge is -2.30. The van der Waals surface area contributed by atoms with E-state index in [1.807, 2.05) is 43.3 Å². The van der Waals surface area contributed by atoms with Gasteiger partial charge in [-0.3, -0.25) is 0 Å². The summed E-state index contributed by atoms with van der Waals surface area (Å²) in [5.74, 6) is 0.611. The van der Waals surface area contributed by atoms with E-state index in [9.17, 15) is 9.50 Å². The van der Waals surface area contributed by atoms with Gasteiger partial charge in [0, 0.05) is 38.1 Å². The SMILES string of the molecule is C.COc1cc(CNC2CCC(Nc3nc(N(C)C)c4ccccc4n3)CC2)cc(F)c1O. The Kier molecular flexibility index (Phi) is 7.92. The molecule has 0 saturated heterocycles. The molecule has 4 rings (SSSR count). The van der Waals surface area contributed by atoms with Crippen LogP contribution in [-0.2, 0) is 6.54 Å². The number of phenolic OH excluding ortho intramolecular Hbond substituents is 1.